The molecule has 0 saturated carbocycles. The predicted octanol–water partition coefficient (Wildman–Crippen LogP) is -0.446. The first-order valence-corrected chi connectivity index (χ1v) is 7.62. The quantitative estimate of drug-likeness (QED) is 0.509. The van der Waals surface area contributed by atoms with Crippen molar-refractivity contribution in [3.05, 3.63) is 29.8 Å². The Bertz CT molecular complexity index is 560. The third-order valence-electron chi connectivity index (χ3n) is 3.64. The van der Waals surface area contributed by atoms with Crippen molar-refractivity contribution in [1.29, 1.82) is 0 Å². The number of nitrogens with one attached hydrogen (secondary N) is 3. The molecular formula is C15H21B3N3O3. The Balaban J connectivity index is 3.04. The van der Waals surface area contributed by atoms with Gasteiger partial charge < -0.3 is 20.5 Å². The molecule has 1 aromatic carbocycles. The molecule has 0 heterocycles. The highest BCUT2D eigenvalue weighted by Gasteiger charge is 2.27. The van der Waals surface area contributed by atoms with Gasteiger partial charge in [-0.15, -0.1) is 0 Å². The Kier molecular flexibility index (Phi) is 8.64. The molecule has 9 heteroatoms. The van der Waals surface area contributed by atoms with Crippen molar-refractivity contribution in [1.82, 2.24) is 15.8 Å². The molecule has 1 rings (SSSR count). The average molecular weight is 324 g/mol. The second-order valence-corrected chi connectivity index (χ2v) is 5.48. The number of amides is 1. The molecule has 5 radical (unpaired) electrons. The zero-order valence-corrected chi connectivity index (χ0v) is 14.2. The van der Waals surface area contributed by atoms with Crippen LogP contribution in [-0.2, 0) is 9.59 Å². The Labute approximate surface area is 146 Å². The maximum atomic E-state index is 12.6. The maximum Gasteiger partial charge on any atom is 0.238 e. The largest absolute Gasteiger partial charge is 0.496 e. The van der Waals surface area contributed by atoms with Gasteiger partial charge in [-0.05, 0) is 19.9 Å². The van der Waals surface area contributed by atoms with Gasteiger partial charge in [-0.2, -0.15) is 0 Å². The fourth-order valence-electron chi connectivity index (χ4n) is 2.39. The molecule has 0 aliphatic heterocycles. The van der Waals surface area contributed by atoms with Crippen LogP contribution in [0.15, 0.2) is 24.3 Å². The van der Waals surface area contributed by atoms with Crippen molar-refractivity contribution < 1.29 is 14.3 Å². The lowest BCUT2D eigenvalue weighted by Crippen LogP contribution is -2.56. The summed E-state index contributed by atoms with van der Waals surface area (Å²) in [4.78, 5) is 24.2. The van der Waals surface area contributed by atoms with Crippen LogP contribution in [0.1, 0.15) is 31.9 Å². The first-order valence-electron chi connectivity index (χ1n) is 7.62. The average Bonchev–Trinajstić information content (AvgIpc) is 2.57. The minimum Gasteiger partial charge on any atom is -0.496 e. The summed E-state index contributed by atoms with van der Waals surface area (Å²) < 4.78 is 5.33. The lowest BCUT2D eigenvalue weighted by molar-refractivity contribution is -0.124. The normalized spacial score (nSPS) is 14.3. The van der Waals surface area contributed by atoms with Gasteiger partial charge in [0, 0.05) is 25.8 Å². The molecule has 0 unspecified atom stereocenters. The second-order valence-electron chi connectivity index (χ2n) is 5.48. The number of hydrogen-bond acceptors (Lipinski definition) is 5. The van der Waals surface area contributed by atoms with E-state index in [0.717, 1.165) is 5.56 Å². The van der Waals surface area contributed by atoms with Crippen molar-refractivity contribution >= 4 is 34.7 Å². The van der Waals surface area contributed by atoms with Crippen LogP contribution in [0.25, 0.3) is 0 Å². The first kappa shape index (κ1) is 20.3. The summed E-state index contributed by atoms with van der Waals surface area (Å²) in [5, 5.41) is 8.14. The number of para-hydroxylation sites is 1. The van der Waals surface area contributed by atoms with Gasteiger partial charge in [0.15, 0.2) is 7.98 Å². The number of benzene rings is 1. The number of carbonyl (C=O) groups is 2. The second kappa shape index (κ2) is 10.2. The van der Waals surface area contributed by atoms with Crippen LogP contribution in [-0.4, -0.2) is 53.9 Å². The van der Waals surface area contributed by atoms with Gasteiger partial charge >= 0.3 is 0 Å². The van der Waals surface area contributed by atoms with Gasteiger partial charge in [-0.25, -0.2) is 0 Å². The molecule has 3 atom stereocenters. The summed E-state index contributed by atoms with van der Waals surface area (Å²) in [6.45, 7) is 3.21. The molecule has 123 valence electrons. The Morgan fingerprint density at radius 2 is 2.00 bits per heavy atom. The van der Waals surface area contributed by atoms with Gasteiger partial charge in [-0.1, -0.05) is 18.2 Å². The Morgan fingerprint density at radius 1 is 1.33 bits per heavy atom. The summed E-state index contributed by atoms with van der Waals surface area (Å²) in [5.41, 5.74) is 0.729. The van der Waals surface area contributed by atoms with Crippen LogP contribution >= 0.6 is 0 Å². The molecule has 0 fully saturated rings. The van der Waals surface area contributed by atoms with E-state index >= 15 is 0 Å². The number of carbonyl (C=O) groups excluding carboxylic acids is 2. The van der Waals surface area contributed by atoms with E-state index in [1.807, 2.05) is 18.2 Å². The monoisotopic (exact) mass is 324 g/mol. The van der Waals surface area contributed by atoms with Crippen LogP contribution in [0.4, 0.5) is 0 Å². The zero-order valence-electron chi connectivity index (χ0n) is 14.2. The van der Waals surface area contributed by atoms with Crippen LogP contribution in [0.2, 0.25) is 0 Å². The van der Waals surface area contributed by atoms with Gasteiger partial charge in [0.1, 0.15) is 18.8 Å². The molecule has 0 aromatic heterocycles. The third-order valence-corrected chi connectivity index (χ3v) is 3.64. The number of hydrogen-bond donors (Lipinski definition) is 3. The molecule has 0 spiro atoms. The molecule has 0 aliphatic rings. The smallest absolute Gasteiger partial charge is 0.238 e. The molecule has 1 amide bonds. The lowest BCUT2D eigenvalue weighted by atomic mass is 9.66. The topological polar surface area (TPSA) is 79.5 Å². The Hall–Kier alpha value is -1.73. The summed E-state index contributed by atoms with van der Waals surface area (Å²) in [7, 11) is 13.5. The van der Waals surface area contributed by atoms with Crippen molar-refractivity contribution in [2.75, 3.05) is 7.11 Å². The molecule has 24 heavy (non-hydrogen) atoms. The van der Waals surface area contributed by atoms with E-state index in [1.165, 1.54) is 14.2 Å². The summed E-state index contributed by atoms with van der Waals surface area (Å²) in [6, 6.07) is 5.66. The lowest BCUT2D eigenvalue weighted by Gasteiger charge is -2.27. The fraction of sp³-hybridized carbons (Fsp3) is 0.467. The third kappa shape index (κ3) is 5.72. The van der Waals surface area contributed by atoms with E-state index in [1.54, 1.807) is 20.1 Å². The highest BCUT2D eigenvalue weighted by atomic mass is 16.5. The first-order chi connectivity index (χ1) is 11.4. The number of Topliss-reactive ketones (excluding diaryl/α,β-unsaturated/α-hetero) is 1. The molecule has 1 aromatic rings. The number of rotatable bonds is 10. The van der Waals surface area contributed by atoms with Crippen molar-refractivity contribution in [2.24, 2.45) is 0 Å². The van der Waals surface area contributed by atoms with E-state index in [-0.39, 0.29) is 24.2 Å². The van der Waals surface area contributed by atoms with Crippen molar-refractivity contribution in [2.45, 2.75) is 38.4 Å². The van der Waals surface area contributed by atoms with Crippen LogP contribution in [0.3, 0.4) is 0 Å². The minimum atomic E-state index is -0.691. The molecule has 0 bridgehead atoms. The maximum absolute atomic E-state index is 12.6. The highest BCUT2D eigenvalue weighted by molar-refractivity contribution is 6.87. The van der Waals surface area contributed by atoms with E-state index in [0.29, 0.717) is 5.75 Å². The Morgan fingerprint density at radius 3 is 2.54 bits per heavy atom. The molecule has 6 nitrogen and oxygen atoms in total. The number of ketones is 1. The SMILES string of the molecule is [B][B]N[C@H](C(=O)N[C@@H](CC(C)=O)c1ccccc1OC)[C@H](C)N[B]. The van der Waals surface area contributed by atoms with Crippen molar-refractivity contribution in [3.63, 3.8) is 0 Å². The zero-order chi connectivity index (χ0) is 18.1. The number of ether oxygens (including phenoxy) is 1. The summed E-state index contributed by atoms with van der Waals surface area (Å²) in [6.07, 6.45) is 0.148. The molecule has 0 aliphatic carbocycles. The van der Waals surface area contributed by atoms with E-state index < -0.39 is 12.1 Å². The van der Waals surface area contributed by atoms with Gasteiger partial charge in [0.2, 0.25) is 5.91 Å². The van der Waals surface area contributed by atoms with Gasteiger partial charge in [0.25, 0.3) is 0 Å². The van der Waals surface area contributed by atoms with Gasteiger partial charge in [0.05, 0.1) is 19.2 Å². The standard InChI is InChI=1S/C15H21B3N3O3/c1-9(22)8-12(11-6-4-5-7-13(11)24-3)19-15(23)14(21-18-16)10(2)20-17/h4-7,10,12,14,20-21H,8H2,1-3H3,(H,19,23)/t10-,12-,14-/m0/s1. The van der Waals surface area contributed by atoms with E-state index in [2.05, 4.69) is 15.8 Å². The van der Waals surface area contributed by atoms with E-state index in [4.69, 9.17) is 20.5 Å². The van der Waals surface area contributed by atoms with Crippen LogP contribution < -0.4 is 20.5 Å². The van der Waals surface area contributed by atoms with Crippen LogP contribution in [0, 0.1) is 0 Å². The van der Waals surface area contributed by atoms with Gasteiger partial charge in [-0.3, -0.25) is 9.59 Å². The van der Waals surface area contributed by atoms with Crippen molar-refractivity contribution in [3.8, 4) is 5.75 Å². The summed E-state index contributed by atoms with van der Waals surface area (Å²) in [5.74, 6) is 0.217. The molecule has 0 saturated heterocycles. The molecular weight excluding hydrogens is 303 g/mol. The highest BCUT2D eigenvalue weighted by Crippen LogP contribution is 2.27. The van der Waals surface area contributed by atoms with E-state index in [9.17, 15) is 9.59 Å². The fourth-order valence-corrected chi connectivity index (χ4v) is 2.39. The summed E-state index contributed by atoms with van der Waals surface area (Å²) >= 11 is 0. The predicted molar refractivity (Wildman–Crippen MR) is 96.0 cm³/mol. The minimum absolute atomic E-state index is 0.0499. The number of methoxy groups -OCH3 is 1. The van der Waals surface area contributed by atoms with Crippen LogP contribution in [0.5, 0.6) is 5.75 Å². The molecule has 3 N–H and O–H groups in total.